The number of benzene rings is 2. The maximum Gasteiger partial charge on any atom is 0.407 e. The van der Waals surface area contributed by atoms with Crippen LogP contribution >= 0.6 is 0 Å². The van der Waals surface area contributed by atoms with Crippen molar-refractivity contribution in [3.63, 3.8) is 0 Å². The van der Waals surface area contributed by atoms with E-state index in [0.29, 0.717) is 62.6 Å². The fraction of sp³-hybridized carbons (Fsp3) is 0.500. The molecule has 1 N–H and O–H groups in total. The highest BCUT2D eigenvalue weighted by molar-refractivity contribution is 5.78. The van der Waals surface area contributed by atoms with E-state index in [4.69, 9.17) is 34.1 Å². The van der Waals surface area contributed by atoms with Crippen LogP contribution in [0.1, 0.15) is 85.2 Å². The second-order valence-corrected chi connectivity index (χ2v) is 17.5. The summed E-state index contributed by atoms with van der Waals surface area (Å²) in [6.07, 6.45) is 9.66. The second-order valence-electron chi connectivity index (χ2n) is 17.5. The number of rotatable bonds is 14. The third-order valence-electron chi connectivity index (χ3n) is 13.7. The van der Waals surface area contributed by atoms with Gasteiger partial charge in [-0.1, -0.05) is 24.3 Å². The first-order valence-electron chi connectivity index (χ1n) is 21.7. The number of aryl methyl sites for hydroxylation is 1. The van der Waals surface area contributed by atoms with E-state index in [1.807, 2.05) is 30.6 Å². The molecule has 5 fully saturated rings. The molecule has 5 aliphatic rings. The number of imidazole rings is 1. The summed E-state index contributed by atoms with van der Waals surface area (Å²) in [7, 11) is 3.38. The van der Waals surface area contributed by atoms with Gasteiger partial charge < -0.3 is 33.7 Å². The predicted molar refractivity (Wildman–Crippen MR) is 228 cm³/mol. The average molecular weight is 814 g/mol. The molecule has 14 nitrogen and oxygen atoms in total. The minimum absolute atomic E-state index is 0.0415. The molecule has 1 saturated carbocycles. The molecule has 2 atom stereocenters. The number of pyridine rings is 1. The largest absolute Gasteiger partial charge is 0.497 e. The fourth-order valence-corrected chi connectivity index (χ4v) is 10.6. The smallest absolute Gasteiger partial charge is 0.407 e. The molecular formula is C46H55N9O5. The minimum Gasteiger partial charge on any atom is -0.497 e. The van der Waals surface area contributed by atoms with Gasteiger partial charge in [0, 0.05) is 31.9 Å². The van der Waals surface area contributed by atoms with Crippen LogP contribution in [-0.2, 0) is 19.6 Å². The zero-order valence-electron chi connectivity index (χ0n) is 34.9. The van der Waals surface area contributed by atoms with Crippen LogP contribution in [0.25, 0.3) is 11.2 Å². The number of carboxylic acid groups (broad SMARTS) is 1. The summed E-state index contributed by atoms with van der Waals surface area (Å²) < 4.78 is 19.9. The van der Waals surface area contributed by atoms with Crippen LogP contribution in [-0.4, -0.2) is 110 Å². The van der Waals surface area contributed by atoms with Gasteiger partial charge in [0.1, 0.15) is 23.9 Å². The van der Waals surface area contributed by atoms with Crippen molar-refractivity contribution in [3.05, 3.63) is 88.9 Å². The monoisotopic (exact) mass is 813 g/mol. The standard InChI is InChI=1S/C46H55N9O5/c1-30-40(33-10-11-33)34(22-39(48-30)51(23-31-6-14-37(58-2)15-7-31)24-32-8-16-38(59-3)17-9-32)25-53-29-47-41-42(53)49-44(52-26-35-12-13-36(27-52)55(35)45(56)57)50-43(41)60-28-46-18-4-20-54(46)21-5-19-46/h6-9,14-17,22,29,33,35-36H,4-5,10-13,18-21,23-28H2,1-3H3,(H,56,57). The number of nitrogens with zero attached hydrogens (tertiary/aromatic N) is 9. The van der Waals surface area contributed by atoms with E-state index in [1.54, 1.807) is 19.1 Å². The summed E-state index contributed by atoms with van der Waals surface area (Å²) in [6, 6.07) is 18.6. The molecule has 2 bridgehead atoms. The molecule has 2 unspecified atom stereocenters. The molecule has 1 aliphatic carbocycles. The summed E-state index contributed by atoms with van der Waals surface area (Å²) in [4.78, 5) is 41.6. The third kappa shape index (κ3) is 7.32. The van der Waals surface area contributed by atoms with E-state index >= 15 is 0 Å². The van der Waals surface area contributed by atoms with Crippen LogP contribution in [0.4, 0.5) is 16.6 Å². The van der Waals surface area contributed by atoms with Gasteiger partial charge in [-0.2, -0.15) is 9.97 Å². The van der Waals surface area contributed by atoms with Gasteiger partial charge in [0.05, 0.1) is 44.7 Å². The molecule has 10 rings (SSSR count). The van der Waals surface area contributed by atoms with Crippen LogP contribution in [0, 0.1) is 6.92 Å². The van der Waals surface area contributed by atoms with Crippen LogP contribution in [0.5, 0.6) is 17.4 Å². The molecule has 60 heavy (non-hydrogen) atoms. The van der Waals surface area contributed by atoms with E-state index in [1.165, 1.54) is 24.0 Å². The van der Waals surface area contributed by atoms with Gasteiger partial charge in [0.25, 0.3) is 0 Å². The predicted octanol–water partition coefficient (Wildman–Crippen LogP) is 7.02. The Morgan fingerprint density at radius 3 is 2.08 bits per heavy atom. The van der Waals surface area contributed by atoms with E-state index in [-0.39, 0.29) is 17.6 Å². The Morgan fingerprint density at radius 1 is 0.867 bits per heavy atom. The van der Waals surface area contributed by atoms with Gasteiger partial charge in [-0.25, -0.2) is 14.8 Å². The number of ether oxygens (including phenoxy) is 3. The highest BCUT2D eigenvalue weighted by Gasteiger charge is 2.46. The van der Waals surface area contributed by atoms with Crippen molar-refractivity contribution in [3.8, 4) is 17.4 Å². The maximum atomic E-state index is 12.2. The Morgan fingerprint density at radius 2 is 1.50 bits per heavy atom. The Balaban J connectivity index is 1.02. The highest BCUT2D eigenvalue weighted by Crippen LogP contribution is 2.45. The summed E-state index contributed by atoms with van der Waals surface area (Å²) in [5.74, 6) is 4.12. The number of hydrogen-bond donors (Lipinski definition) is 1. The van der Waals surface area contributed by atoms with Crippen molar-refractivity contribution in [2.45, 2.75) is 101 Å². The molecule has 14 heteroatoms. The number of piperazine rings is 1. The van der Waals surface area contributed by atoms with Crippen molar-refractivity contribution < 1.29 is 24.1 Å². The first kappa shape index (κ1) is 38.6. The van der Waals surface area contributed by atoms with Crippen molar-refractivity contribution in [2.24, 2.45) is 0 Å². The summed E-state index contributed by atoms with van der Waals surface area (Å²) in [5.41, 5.74) is 7.30. The fourth-order valence-electron chi connectivity index (χ4n) is 10.6. The molecule has 0 spiro atoms. The topological polar surface area (TPSA) is 134 Å². The first-order valence-corrected chi connectivity index (χ1v) is 21.7. The quantitative estimate of drug-likeness (QED) is 0.124. The lowest BCUT2D eigenvalue weighted by atomic mass is 9.95. The number of hydrogen-bond acceptors (Lipinski definition) is 11. The van der Waals surface area contributed by atoms with Crippen molar-refractivity contribution in [1.29, 1.82) is 0 Å². The normalized spacial score (nSPS) is 20.8. The van der Waals surface area contributed by atoms with Gasteiger partial charge in [-0.3, -0.25) is 9.80 Å². The van der Waals surface area contributed by atoms with Crippen LogP contribution in [0.3, 0.4) is 0 Å². The molecular weight excluding hydrogens is 759 g/mol. The number of methoxy groups -OCH3 is 2. The van der Waals surface area contributed by atoms with Crippen LogP contribution < -0.4 is 24.0 Å². The van der Waals surface area contributed by atoms with Crippen molar-refractivity contribution in [2.75, 3.05) is 56.8 Å². The number of fused-ring (bicyclic) bond motifs is 4. The van der Waals surface area contributed by atoms with E-state index < -0.39 is 6.09 Å². The molecule has 0 radical (unpaired) electrons. The van der Waals surface area contributed by atoms with E-state index in [0.717, 1.165) is 91.4 Å². The molecule has 2 aromatic carbocycles. The molecule has 1 amide bonds. The Hall–Kier alpha value is -5.63. The van der Waals surface area contributed by atoms with Gasteiger partial charge >= 0.3 is 6.09 Å². The van der Waals surface area contributed by atoms with Crippen molar-refractivity contribution in [1.82, 2.24) is 34.3 Å². The van der Waals surface area contributed by atoms with E-state index in [2.05, 4.69) is 56.5 Å². The van der Waals surface area contributed by atoms with Gasteiger partial charge in [-0.05, 0) is 130 Å². The maximum absolute atomic E-state index is 12.2. The molecule has 4 aliphatic heterocycles. The molecule has 314 valence electrons. The minimum atomic E-state index is -0.845. The number of carbonyl (C=O) groups is 1. The van der Waals surface area contributed by atoms with Gasteiger partial charge in [0.2, 0.25) is 11.8 Å². The SMILES string of the molecule is COc1ccc(CN(Cc2ccc(OC)cc2)c2cc(Cn3cnc4c(OCC56CCCN5CCC6)nc(N5CC6CCC(C5)N6C(=O)O)nc43)c(C3CC3)c(C)n2)cc1. The lowest BCUT2D eigenvalue weighted by Crippen LogP contribution is -2.56. The number of anilines is 2. The third-order valence-corrected chi connectivity index (χ3v) is 13.7. The number of amides is 1. The van der Waals surface area contributed by atoms with Crippen molar-refractivity contribution >= 4 is 29.0 Å². The van der Waals surface area contributed by atoms with E-state index in [9.17, 15) is 9.90 Å². The molecule has 5 aromatic rings. The summed E-state index contributed by atoms with van der Waals surface area (Å²) >= 11 is 0. The second kappa shape index (κ2) is 15.8. The first-order chi connectivity index (χ1) is 29.3. The zero-order chi connectivity index (χ0) is 41.0. The van der Waals surface area contributed by atoms with Gasteiger partial charge in [-0.15, -0.1) is 0 Å². The van der Waals surface area contributed by atoms with Crippen LogP contribution in [0.2, 0.25) is 0 Å². The molecule has 4 saturated heterocycles. The number of aromatic nitrogens is 5. The Bertz CT molecular complexity index is 2290. The molecule has 3 aromatic heterocycles. The average Bonchev–Trinajstić information content (AvgIpc) is 3.54. The lowest BCUT2D eigenvalue weighted by molar-refractivity contribution is 0.111. The van der Waals surface area contributed by atoms with Gasteiger partial charge in [0.15, 0.2) is 11.2 Å². The summed E-state index contributed by atoms with van der Waals surface area (Å²) in [6.45, 7) is 7.94. The lowest BCUT2D eigenvalue weighted by Gasteiger charge is -2.39. The molecule has 7 heterocycles. The Kier molecular flexibility index (Phi) is 10.1. The Labute approximate surface area is 351 Å². The zero-order valence-corrected chi connectivity index (χ0v) is 34.9. The highest BCUT2D eigenvalue weighted by atomic mass is 16.5. The summed E-state index contributed by atoms with van der Waals surface area (Å²) in [5, 5.41) is 10.0. The van der Waals surface area contributed by atoms with Crippen LogP contribution in [0.15, 0.2) is 60.9 Å².